The Balaban J connectivity index is 3.26. The van der Waals surface area contributed by atoms with Crippen LogP contribution in [0.1, 0.15) is 57.3 Å². The molecule has 0 fully saturated rings. The molecule has 0 aliphatic carbocycles. The Morgan fingerprint density at radius 1 is 1.24 bits per heavy atom. The summed E-state index contributed by atoms with van der Waals surface area (Å²) >= 11 is 6.08. The van der Waals surface area contributed by atoms with Crippen LogP contribution in [0.25, 0.3) is 0 Å². The van der Waals surface area contributed by atoms with Gasteiger partial charge in [-0.3, -0.25) is 0 Å². The molecular formula is C14H21ClO2. The molecular weight excluding hydrogens is 236 g/mol. The molecule has 0 bridgehead atoms. The van der Waals surface area contributed by atoms with Crippen LogP contribution in [0.2, 0.25) is 5.02 Å². The van der Waals surface area contributed by atoms with Crippen LogP contribution < -0.4 is 4.74 Å². The SMILES string of the molecule is CCCOc1c(C(C)C)cc(Cl)cc1C(C)O. The van der Waals surface area contributed by atoms with E-state index in [1.165, 1.54) is 0 Å². The van der Waals surface area contributed by atoms with E-state index in [0.717, 1.165) is 23.3 Å². The minimum Gasteiger partial charge on any atom is -0.493 e. The van der Waals surface area contributed by atoms with Gasteiger partial charge in [-0.15, -0.1) is 0 Å². The zero-order valence-corrected chi connectivity index (χ0v) is 11.7. The second-order valence-corrected chi connectivity index (χ2v) is 5.03. The van der Waals surface area contributed by atoms with Gasteiger partial charge in [-0.05, 0) is 37.0 Å². The van der Waals surface area contributed by atoms with Crippen molar-refractivity contribution in [2.45, 2.75) is 46.1 Å². The fourth-order valence-corrected chi connectivity index (χ4v) is 1.98. The monoisotopic (exact) mass is 256 g/mol. The summed E-state index contributed by atoms with van der Waals surface area (Å²) in [5.74, 6) is 1.11. The molecule has 1 rings (SSSR count). The van der Waals surface area contributed by atoms with E-state index in [0.29, 0.717) is 17.5 Å². The lowest BCUT2D eigenvalue weighted by molar-refractivity contribution is 0.190. The van der Waals surface area contributed by atoms with Gasteiger partial charge in [0.05, 0.1) is 12.7 Å². The zero-order chi connectivity index (χ0) is 13.0. The Labute approximate surface area is 109 Å². The molecule has 1 aromatic rings. The van der Waals surface area contributed by atoms with Crippen LogP contribution in [-0.2, 0) is 0 Å². The Kier molecular flexibility index (Phi) is 5.29. The Hall–Kier alpha value is -0.730. The Morgan fingerprint density at radius 3 is 2.29 bits per heavy atom. The first-order valence-electron chi connectivity index (χ1n) is 6.11. The molecule has 0 amide bonds. The highest BCUT2D eigenvalue weighted by molar-refractivity contribution is 6.30. The quantitative estimate of drug-likeness (QED) is 0.851. The molecule has 0 aliphatic rings. The van der Waals surface area contributed by atoms with E-state index in [-0.39, 0.29) is 0 Å². The van der Waals surface area contributed by atoms with Crippen molar-refractivity contribution in [2.24, 2.45) is 0 Å². The van der Waals surface area contributed by atoms with Crippen LogP contribution in [-0.4, -0.2) is 11.7 Å². The maximum absolute atomic E-state index is 9.80. The summed E-state index contributed by atoms with van der Waals surface area (Å²) < 4.78 is 5.78. The molecule has 17 heavy (non-hydrogen) atoms. The first-order valence-corrected chi connectivity index (χ1v) is 6.49. The smallest absolute Gasteiger partial charge is 0.128 e. The van der Waals surface area contributed by atoms with E-state index in [4.69, 9.17) is 16.3 Å². The third kappa shape index (κ3) is 3.62. The third-order valence-corrected chi connectivity index (χ3v) is 2.85. The number of aliphatic hydroxyl groups excluding tert-OH is 1. The van der Waals surface area contributed by atoms with E-state index in [1.807, 2.05) is 6.07 Å². The van der Waals surface area contributed by atoms with Gasteiger partial charge < -0.3 is 9.84 Å². The van der Waals surface area contributed by atoms with Gasteiger partial charge in [-0.2, -0.15) is 0 Å². The predicted molar refractivity (Wildman–Crippen MR) is 72.0 cm³/mol. The first-order chi connectivity index (χ1) is 7.97. The molecule has 1 atom stereocenters. The first kappa shape index (κ1) is 14.3. The summed E-state index contributed by atoms with van der Waals surface area (Å²) in [7, 11) is 0. The Morgan fingerprint density at radius 2 is 1.82 bits per heavy atom. The highest BCUT2D eigenvalue weighted by Gasteiger charge is 2.17. The molecule has 0 heterocycles. The van der Waals surface area contributed by atoms with Gasteiger partial charge >= 0.3 is 0 Å². The molecule has 96 valence electrons. The molecule has 0 saturated carbocycles. The molecule has 3 heteroatoms. The number of rotatable bonds is 5. The summed E-state index contributed by atoms with van der Waals surface area (Å²) in [5, 5.41) is 10.4. The normalized spacial score (nSPS) is 12.9. The summed E-state index contributed by atoms with van der Waals surface area (Å²) in [5.41, 5.74) is 1.83. The van der Waals surface area contributed by atoms with Crippen molar-refractivity contribution in [1.29, 1.82) is 0 Å². The second kappa shape index (κ2) is 6.27. The highest BCUT2D eigenvalue weighted by Crippen LogP contribution is 2.36. The van der Waals surface area contributed by atoms with Gasteiger partial charge in [0.25, 0.3) is 0 Å². The number of benzene rings is 1. The average molecular weight is 257 g/mol. The third-order valence-electron chi connectivity index (χ3n) is 2.63. The lowest BCUT2D eigenvalue weighted by Crippen LogP contribution is -2.06. The standard InChI is InChI=1S/C14H21ClO2/c1-5-6-17-14-12(9(2)3)7-11(15)8-13(14)10(4)16/h7-10,16H,5-6H2,1-4H3. The van der Waals surface area contributed by atoms with Gasteiger partial charge in [0.1, 0.15) is 5.75 Å². The van der Waals surface area contributed by atoms with E-state index >= 15 is 0 Å². The molecule has 0 radical (unpaired) electrons. The van der Waals surface area contributed by atoms with Crippen molar-refractivity contribution < 1.29 is 9.84 Å². The van der Waals surface area contributed by atoms with Gasteiger partial charge in [0, 0.05) is 10.6 Å². The number of ether oxygens (including phenoxy) is 1. The fraction of sp³-hybridized carbons (Fsp3) is 0.571. The number of hydrogen-bond acceptors (Lipinski definition) is 2. The van der Waals surface area contributed by atoms with Crippen LogP contribution in [0.5, 0.6) is 5.75 Å². The second-order valence-electron chi connectivity index (χ2n) is 4.59. The molecule has 2 nitrogen and oxygen atoms in total. The van der Waals surface area contributed by atoms with Crippen molar-refractivity contribution in [3.05, 3.63) is 28.3 Å². The summed E-state index contributed by atoms with van der Waals surface area (Å²) in [6.07, 6.45) is 0.373. The fourth-order valence-electron chi connectivity index (χ4n) is 1.75. The van der Waals surface area contributed by atoms with E-state index in [1.54, 1.807) is 13.0 Å². The maximum atomic E-state index is 9.80. The summed E-state index contributed by atoms with van der Waals surface area (Å²) in [6, 6.07) is 3.70. The zero-order valence-electron chi connectivity index (χ0n) is 11.0. The molecule has 0 aromatic heterocycles. The summed E-state index contributed by atoms with van der Waals surface area (Å²) in [6.45, 7) is 8.63. The average Bonchev–Trinajstić information content (AvgIpc) is 2.26. The van der Waals surface area contributed by atoms with E-state index < -0.39 is 6.10 Å². The molecule has 1 aromatic carbocycles. The van der Waals surface area contributed by atoms with Gasteiger partial charge in [-0.1, -0.05) is 32.4 Å². The molecule has 1 N–H and O–H groups in total. The van der Waals surface area contributed by atoms with Crippen molar-refractivity contribution in [1.82, 2.24) is 0 Å². The van der Waals surface area contributed by atoms with Gasteiger partial charge in [0.15, 0.2) is 0 Å². The predicted octanol–water partition coefficient (Wildman–Crippen LogP) is 4.31. The van der Waals surface area contributed by atoms with Gasteiger partial charge in [-0.25, -0.2) is 0 Å². The number of hydrogen-bond donors (Lipinski definition) is 1. The van der Waals surface area contributed by atoms with Crippen molar-refractivity contribution in [2.75, 3.05) is 6.61 Å². The lowest BCUT2D eigenvalue weighted by atomic mass is 9.97. The van der Waals surface area contributed by atoms with Crippen LogP contribution in [0.4, 0.5) is 0 Å². The minimum absolute atomic E-state index is 0.318. The largest absolute Gasteiger partial charge is 0.493 e. The van der Waals surface area contributed by atoms with Gasteiger partial charge in [0.2, 0.25) is 0 Å². The minimum atomic E-state index is -0.571. The van der Waals surface area contributed by atoms with Crippen LogP contribution in [0.3, 0.4) is 0 Å². The van der Waals surface area contributed by atoms with E-state index in [2.05, 4.69) is 20.8 Å². The van der Waals surface area contributed by atoms with Crippen molar-refractivity contribution >= 4 is 11.6 Å². The highest BCUT2D eigenvalue weighted by atomic mass is 35.5. The topological polar surface area (TPSA) is 29.5 Å². The molecule has 0 aliphatic heterocycles. The van der Waals surface area contributed by atoms with E-state index in [9.17, 15) is 5.11 Å². The lowest BCUT2D eigenvalue weighted by Gasteiger charge is -2.20. The van der Waals surface area contributed by atoms with Crippen molar-refractivity contribution in [3.8, 4) is 5.75 Å². The summed E-state index contributed by atoms with van der Waals surface area (Å²) in [4.78, 5) is 0. The van der Waals surface area contributed by atoms with Crippen molar-refractivity contribution in [3.63, 3.8) is 0 Å². The van der Waals surface area contributed by atoms with Crippen LogP contribution in [0.15, 0.2) is 12.1 Å². The molecule has 0 saturated heterocycles. The van der Waals surface area contributed by atoms with Crippen LogP contribution in [0, 0.1) is 0 Å². The maximum Gasteiger partial charge on any atom is 0.128 e. The number of aliphatic hydroxyl groups is 1. The number of halogens is 1. The Bertz CT molecular complexity index is 343. The van der Waals surface area contributed by atoms with Crippen LogP contribution >= 0.6 is 11.6 Å². The molecule has 0 spiro atoms. The molecule has 1 unspecified atom stereocenters.